The van der Waals surface area contributed by atoms with Crippen LogP contribution in [0.3, 0.4) is 0 Å². The zero-order chi connectivity index (χ0) is 16.5. The lowest BCUT2D eigenvalue weighted by molar-refractivity contribution is -0.177. The lowest BCUT2D eigenvalue weighted by atomic mass is 9.50. The average Bonchev–Trinajstić information content (AvgIpc) is 2.43. The number of carbonyl (C=O) groups excluding carboxylic acids is 3. The first-order chi connectivity index (χ1) is 10.3. The van der Waals surface area contributed by atoms with Crippen molar-refractivity contribution in [2.75, 3.05) is 13.2 Å². The Bertz CT molecular complexity index is 523. The van der Waals surface area contributed by atoms with Crippen molar-refractivity contribution in [3.8, 4) is 0 Å². The van der Waals surface area contributed by atoms with E-state index in [9.17, 15) is 14.4 Å². The van der Waals surface area contributed by atoms with Crippen LogP contribution in [0.25, 0.3) is 0 Å². The van der Waals surface area contributed by atoms with Gasteiger partial charge in [0.25, 0.3) is 0 Å². The Hall–Kier alpha value is -1.65. The quantitative estimate of drug-likeness (QED) is 0.588. The number of rotatable bonds is 4. The zero-order valence-electron chi connectivity index (χ0n) is 13.7. The van der Waals surface area contributed by atoms with Crippen LogP contribution in [0, 0.1) is 22.7 Å². The molecule has 0 spiro atoms. The Morgan fingerprint density at radius 2 is 1.77 bits per heavy atom. The lowest BCUT2D eigenvalue weighted by Crippen LogP contribution is -2.58. The lowest BCUT2D eigenvalue weighted by Gasteiger charge is -2.50. The van der Waals surface area contributed by atoms with Gasteiger partial charge in [-0.05, 0) is 33.6 Å². The first kappa shape index (κ1) is 16.7. The normalized spacial score (nSPS) is 36.8. The Morgan fingerprint density at radius 1 is 1.18 bits per heavy atom. The molecular formula is C17H24O5. The number of allylic oxidation sites excluding steroid dienone is 2. The minimum absolute atomic E-state index is 0.0149. The molecule has 2 aliphatic rings. The molecule has 0 aromatic carbocycles. The summed E-state index contributed by atoms with van der Waals surface area (Å²) in [7, 11) is 0. The van der Waals surface area contributed by atoms with E-state index >= 15 is 0 Å². The van der Waals surface area contributed by atoms with Gasteiger partial charge >= 0.3 is 11.9 Å². The highest BCUT2D eigenvalue weighted by Crippen LogP contribution is 2.55. The van der Waals surface area contributed by atoms with Gasteiger partial charge in [0, 0.05) is 10.8 Å². The molecule has 0 radical (unpaired) electrons. The molecule has 2 aliphatic carbocycles. The largest absolute Gasteiger partial charge is 0.466 e. The van der Waals surface area contributed by atoms with E-state index in [0.717, 1.165) is 0 Å². The van der Waals surface area contributed by atoms with Gasteiger partial charge in [-0.25, -0.2) is 0 Å². The van der Waals surface area contributed by atoms with Crippen molar-refractivity contribution in [3.63, 3.8) is 0 Å². The third-order valence-electron chi connectivity index (χ3n) is 4.93. The molecule has 2 rings (SSSR count). The van der Waals surface area contributed by atoms with E-state index in [4.69, 9.17) is 9.47 Å². The van der Waals surface area contributed by atoms with Crippen LogP contribution in [0.4, 0.5) is 0 Å². The number of hydrogen-bond acceptors (Lipinski definition) is 5. The summed E-state index contributed by atoms with van der Waals surface area (Å²) in [5.74, 6) is -2.30. The summed E-state index contributed by atoms with van der Waals surface area (Å²) in [6.45, 7) is 7.52. The molecule has 122 valence electrons. The SMILES string of the molecule is CCOC(=O)[C@@H]1[C@H](C(=O)OCC)C[C@@]2(C)C=CC[C@]1(C)C2=O. The van der Waals surface area contributed by atoms with Crippen LogP contribution in [0.15, 0.2) is 12.2 Å². The van der Waals surface area contributed by atoms with Gasteiger partial charge in [0.05, 0.1) is 25.0 Å². The predicted molar refractivity (Wildman–Crippen MR) is 79.8 cm³/mol. The fourth-order valence-electron chi connectivity index (χ4n) is 3.96. The van der Waals surface area contributed by atoms with Gasteiger partial charge < -0.3 is 9.47 Å². The number of ketones is 1. The van der Waals surface area contributed by atoms with Crippen LogP contribution in [-0.4, -0.2) is 30.9 Å². The van der Waals surface area contributed by atoms with Crippen molar-refractivity contribution < 1.29 is 23.9 Å². The summed E-state index contributed by atoms with van der Waals surface area (Å²) in [6, 6.07) is 0. The number of esters is 2. The molecule has 0 aromatic rings. The molecule has 4 atom stereocenters. The van der Waals surface area contributed by atoms with E-state index in [1.807, 2.05) is 19.1 Å². The van der Waals surface area contributed by atoms with Crippen molar-refractivity contribution in [3.05, 3.63) is 12.2 Å². The fourth-order valence-corrected chi connectivity index (χ4v) is 3.96. The summed E-state index contributed by atoms with van der Waals surface area (Å²) in [5, 5.41) is 0. The Labute approximate surface area is 131 Å². The van der Waals surface area contributed by atoms with Crippen molar-refractivity contribution in [1.29, 1.82) is 0 Å². The molecular weight excluding hydrogens is 284 g/mol. The van der Waals surface area contributed by atoms with Crippen LogP contribution in [-0.2, 0) is 23.9 Å². The topological polar surface area (TPSA) is 69.7 Å². The highest BCUT2D eigenvalue weighted by atomic mass is 16.5. The summed E-state index contributed by atoms with van der Waals surface area (Å²) < 4.78 is 10.3. The highest BCUT2D eigenvalue weighted by Gasteiger charge is 2.62. The number of hydrogen-bond donors (Lipinski definition) is 0. The minimum Gasteiger partial charge on any atom is -0.466 e. The van der Waals surface area contributed by atoms with E-state index in [1.54, 1.807) is 20.8 Å². The van der Waals surface area contributed by atoms with Gasteiger partial charge in [-0.3, -0.25) is 14.4 Å². The third kappa shape index (κ3) is 2.46. The van der Waals surface area contributed by atoms with Crippen LogP contribution in [0.2, 0.25) is 0 Å². The van der Waals surface area contributed by atoms with Crippen molar-refractivity contribution in [2.45, 2.75) is 40.5 Å². The minimum atomic E-state index is -0.911. The zero-order valence-corrected chi connectivity index (χ0v) is 13.7. The molecule has 0 unspecified atom stereocenters. The molecule has 0 saturated heterocycles. The van der Waals surface area contributed by atoms with E-state index in [1.165, 1.54) is 0 Å². The van der Waals surface area contributed by atoms with Gasteiger partial charge in [-0.1, -0.05) is 19.1 Å². The van der Waals surface area contributed by atoms with Crippen molar-refractivity contribution >= 4 is 17.7 Å². The molecule has 22 heavy (non-hydrogen) atoms. The van der Waals surface area contributed by atoms with Crippen LogP contribution in [0.1, 0.15) is 40.5 Å². The number of carbonyl (C=O) groups is 3. The van der Waals surface area contributed by atoms with Gasteiger partial charge in [0.2, 0.25) is 0 Å². The maximum atomic E-state index is 12.9. The Kier molecular flexibility index (Phi) is 4.45. The predicted octanol–water partition coefficient (Wildman–Crippen LogP) is 2.29. The molecule has 1 fully saturated rings. The molecule has 0 amide bonds. The van der Waals surface area contributed by atoms with Crippen LogP contribution in [0.5, 0.6) is 0 Å². The maximum absolute atomic E-state index is 12.9. The third-order valence-corrected chi connectivity index (χ3v) is 4.93. The first-order valence-electron chi connectivity index (χ1n) is 7.86. The maximum Gasteiger partial charge on any atom is 0.310 e. The van der Waals surface area contributed by atoms with Crippen LogP contribution >= 0.6 is 0 Å². The molecule has 5 nitrogen and oxygen atoms in total. The Morgan fingerprint density at radius 3 is 2.36 bits per heavy atom. The van der Waals surface area contributed by atoms with E-state index in [0.29, 0.717) is 12.8 Å². The highest BCUT2D eigenvalue weighted by molar-refractivity contribution is 6.00. The van der Waals surface area contributed by atoms with E-state index in [-0.39, 0.29) is 19.0 Å². The second-order valence-corrected chi connectivity index (χ2v) is 6.56. The second-order valence-electron chi connectivity index (χ2n) is 6.56. The smallest absolute Gasteiger partial charge is 0.310 e. The first-order valence-corrected chi connectivity index (χ1v) is 7.86. The average molecular weight is 308 g/mol. The van der Waals surface area contributed by atoms with Gasteiger partial charge in [0.15, 0.2) is 0 Å². The van der Waals surface area contributed by atoms with Gasteiger partial charge in [-0.2, -0.15) is 0 Å². The van der Waals surface area contributed by atoms with Gasteiger partial charge in [0.1, 0.15) is 5.78 Å². The molecule has 0 heterocycles. The number of Topliss-reactive ketones (excluding diaryl/α,β-unsaturated/α-hetero) is 1. The van der Waals surface area contributed by atoms with Crippen molar-refractivity contribution in [1.82, 2.24) is 0 Å². The molecule has 0 aromatic heterocycles. The molecule has 0 aliphatic heterocycles. The number of ether oxygens (including phenoxy) is 2. The van der Waals surface area contributed by atoms with E-state index < -0.39 is 34.6 Å². The van der Waals surface area contributed by atoms with Gasteiger partial charge in [-0.15, -0.1) is 0 Å². The molecule has 0 N–H and O–H groups in total. The monoisotopic (exact) mass is 308 g/mol. The summed E-state index contributed by atoms with van der Waals surface area (Å²) in [6.07, 6.45) is 4.54. The molecule has 5 heteroatoms. The molecule has 2 bridgehead atoms. The standard InChI is InChI=1S/C17H24O5/c1-5-21-13(18)11-10-16(3)8-7-9-17(4,15(16)20)12(11)14(19)22-6-2/h7-8,11-12H,5-6,9-10H2,1-4H3/t11-,12+,16-,17+/m1/s1. The summed E-state index contributed by atoms with van der Waals surface area (Å²) >= 11 is 0. The number of fused-ring (bicyclic) bond motifs is 2. The van der Waals surface area contributed by atoms with Crippen LogP contribution < -0.4 is 0 Å². The van der Waals surface area contributed by atoms with Crippen molar-refractivity contribution in [2.24, 2.45) is 22.7 Å². The second kappa shape index (κ2) is 5.86. The Balaban J connectivity index is 2.47. The summed E-state index contributed by atoms with van der Waals surface area (Å²) in [5.41, 5.74) is -1.63. The summed E-state index contributed by atoms with van der Waals surface area (Å²) in [4.78, 5) is 37.7. The fraction of sp³-hybridized carbons (Fsp3) is 0.706. The van der Waals surface area contributed by atoms with E-state index in [2.05, 4.69) is 0 Å². The molecule has 1 saturated carbocycles.